The molecule has 1 heterocycles. The number of fused-ring (bicyclic) bond motifs is 1. The molecule has 0 saturated heterocycles. The van der Waals surface area contributed by atoms with Crippen molar-refractivity contribution in [3.8, 4) is 23.8 Å². The van der Waals surface area contributed by atoms with Crippen LogP contribution in [0.1, 0.15) is 19.4 Å². The van der Waals surface area contributed by atoms with Crippen LogP contribution in [0.4, 0.5) is 0 Å². The number of halogens is 1. The largest absolute Gasteiger partial charge is 0.454 e. The van der Waals surface area contributed by atoms with Gasteiger partial charge in [0, 0.05) is 11.1 Å². The van der Waals surface area contributed by atoms with Gasteiger partial charge in [-0.05, 0) is 25.5 Å². The van der Waals surface area contributed by atoms with Crippen LogP contribution in [-0.4, -0.2) is 6.79 Å². The van der Waals surface area contributed by atoms with Crippen molar-refractivity contribution in [1.29, 1.82) is 0 Å². The summed E-state index contributed by atoms with van der Waals surface area (Å²) >= 11 is 6.14. The zero-order valence-corrected chi connectivity index (χ0v) is 9.39. The molecule has 0 spiro atoms. The molecule has 0 atom stereocenters. The first-order chi connectivity index (χ1) is 7.04. The van der Waals surface area contributed by atoms with Crippen LogP contribution in [0, 0.1) is 12.3 Å². The van der Waals surface area contributed by atoms with Crippen molar-refractivity contribution in [2.75, 3.05) is 6.79 Å². The zero-order valence-electron chi connectivity index (χ0n) is 8.63. The van der Waals surface area contributed by atoms with E-state index in [-0.39, 0.29) is 6.79 Å². The van der Waals surface area contributed by atoms with Gasteiger partial charge in [0.15, 0.2) is 11.5 Å². The monoisotopic (exact) mass is 222 g/mol. The second-order valence-corrected chi connectivity index (χ2v) is 4.36. The maximum absolute atomic E-state index is 6.14. The van der Waals surface area contributed by atoms with Crippen LogP contribution in [0.25, 0.3) is 0 Å². The molecule has 1 aliphatic heterocycles. The second kappa shape index (κ2) is 3.36. The van der Waals surface area contributed by atoms with Crippen LogP contribution in [0.15, 0.2) is 12.1 Å². The Morgan fingerprint density at radius 1 is 1.33 bits per heavy atom. The van der Waals surface area contributed by atoms with E-state index in [9.17, 15) is 0 Å². The molecule has 0 unspecified atom stereocenters. The van der Waals surface area contributed by atoms with E-state index in [0.717, 1.165) is 5.56 Å². The quantitative estimate of drug-likeness (QED) is 0.681. The Morgan fingerprint density at radius 3 is 2.53 bits per heavy atom. The Balaban J connectivity index is 2.55. The number of terminal acetylenes is 1. The van der Waals surface area contributed by atoms with Gasteiger partial charge in [0.25, 0.3) is 0 Å². The SMILES string of the molecule is C#CC(C)(C)c1cc2c(cc1Cl)OCO2. The van der Waals surface area contributed by atoms with Crippen LogP contribution < -0.4 is 9.47 Å². The number of hydrogen-bond acceptors (Lipinski definition) is 2. The minimum atomic E-state index is -0.405. The average molecular weight is 223 g/mol. The van der Waals surface area contributed by atoms with E-state index in [2.05, 4.69) is 5.92 Å². The van der Waals surface area contributed by atoms with Crippen molar-refractivity contribution in [2.45, 2.75) is 19.3 Å². The Kier molecular flexibility index (Phi) is 2.28. The van der Waals surface area contributed by atoms with Gasteiger partial charge in [0.1, 0.15) is 0 Å². The molecule has 0 amide bonds. The van der Waals surface area contributed by atoms with Crippen molar-refractivity contribution < 1.29 is 9.47 Å². The first-order valence-electron chi connectivity index (χ1n) is 4.62. The van der Waals surface area contributed by atoms with Crippen LogP contribution in [0.3, 0.4) is 0 Å². The molecule has 3 heteroatoms. The summed E-state index contributed by atoms with van der Waals surface area (Å²) in [5.74, 6) is 4.09. The van der Waals surface area contributed by atoms with E-state index in [4.69, 9.17) is 27.5 Å². The Hall–Kier alpha value is -1.33. The molecule has 2 rings (SSSR count). The Bertz CT molecular complexity index is 444. The van der Waals surface area contributed by atoms with E-state index in [1.54, 1.807) is 6.07 Å². The fraction of sp³-hybridized carbons (Fsp3) is 0.333. The predicted molar refractivity (Wildman–Crippen MR) is 59.4 cm³/mol. The van der Waals surface area contributed by atoms with Gasteiger partial charge in [-0.3, -0.25) is 0 Å². The summed E-state index contributed by atoms with van der Waals surface area (Å²) in [5.41, 5.74) is 0.480. The maximum Gasteiger partial charge on any atom is 0.231 e. The highest BCUT2D eigenvalue weighted by Crippen LogP contribution is 2.40. The van der Waals surface area contributed by atoms with Gasteiger partial charge in [-0.1, -0.05) is 17.5 Å². The van der Waals surface area contributed by atoms with Crippen molar-refractivity contribution in [2.24, 2.45) is 0 Å². The smallest absolute Gasteiger partial charge is 0.231 e. The van der Waals surface area contributed by atoms with Crippen molar-refractivity contribution >= 4 is 11.6 Å². The summed E-state index contributed by atoms with van der Waals surface area (Å²) < 4.78 is 10.5. The highest BCUT2D eigenvalue weighted by Gasteiger charge is 2.25. The normalized spacial score (nSPS) is 13.7. The number of benzene rings is 1. The van der Waals surface area contributed by atoms with Gasteiger partial charge in [0.05, 0.1) is 5.41 Å². The molecule has 0 saturated carbocycles. The molecule has 0 fully saturated rings. The van der Waals surface area contributed by atoms with Crippen LogP contribution in [0.2, 0.25) is 5.02 Å². The second-order valence-electron chi connectivity index (χ2n) is 3.95. The Morgan fingerprint density at radius 2 is 1.93 bits per heavy atom. The molecular formula is C12H11ClO2. The minimum absolute atomic E-state index is 0.242. The lowest BCUT2D eigenvalue weighted by molar-refractivity contribution is 0.174. The summed E-state index contributed by atoms with van der Waals surface area (Å²) in [4.78, 5) is 0. The number of hydrogen-bond donors (Lipinski definition) is 0. The van der Waals surface area contributed by atoms with Gasteiger partial charge in [0.2, 0.25) is 6.79 Å². The van der Waals surface area contributed by atoms with Gasteiger partial charge in [-0.15, -0.1) is 6.42 Å². The lowest BCUT2D eigenvalue weighted by Crippen LogP contribution is -2.14. The summed E-state index contributed by atoms with van der Waals surface area (Å²) in [5, 5.41) is 0.613. The molecule has 1 aliphatic rings. The molecule has 2 nitrogen and oxygen atoms in total. The lowest BCUT2D eigenvalue weighted by Gasteiger charge is -2.19. The van der Waals surface area contributed by atoms with Gasteiger partial charge in [-0.2, -0.15) is 0 Å². The standard InChI is InChI=1S/C12H11ClO2/c1-4-12(2,3)8-5-10-11(6-9(8)13)15-7-14-10/h1,5-6H,7H2,2-3H3. The summed E-state index contributed by atoms with van der Waals surface area (Å²) in [6, 6.07) is 3.60. The predicted octanol–water partition coefficient (Wildman–Crippen LogP) is 2.98. The van der Waals surface area contributed by atoms with Crippen LogP contribution in [-0.2, 0) is 5.41 Å². The minimum Gasteiger partial charge on any atom is -0.454 e. The summed E-state index contributed by atoms with van der Waals surface area (Å²) in [6.45, 7) is 4.12. The molecule has 0 bridgehead atoms. The van der Waals surface area contributed by atoms with Gasteiger partial charge in [-0.25, -0.2) is 0 Å². The first kappa shape index (κ1) is 10.2. The molecule has 0 radical (unpaired) electrons. The molecule has 0 aromatic heterocycles. The molecule has 0 N–H and O–H groups in total. The Labute approximate surface area is 94.1 Å². The number of rotatable bonds is 1. The summed E-state index contributed by atoms with van der Waals surface area (Å²) in [7, 11) is 0. The molecule has 0 aliphatic carbocycles. The van der Waals surface area contributed by atoms with Crippen molar-refractivity contribution in [3.05, 3.63) is 22.7 Å². The fourth-order valence-electron chi connectivity index (χ4n) is 1.47. The molecule has 15 heavy (non-hydrogen) atoms. The first-order valence-corrected chi connectivity index (χ1v) is 5.00. The van der Waals surface area contributed by atoms with Gasteiger partial charge >= 0.3 is 0 Å². The highest BCUT2D eigenvalue weighted by molar-refractivity contribution is 6.31. The molecule has 1 aromatic carbocycles. The van der Waals surface area contributed by atoms with Crippen molar-refractivity contribution in [1.82, 2.24) is 0 Å². The van der Waals surface area contributed by atoms with Crippen LogP contribution >= 0.6 is 11.6 Å². The fourth-order valence-corrected chi connectivity index (χ4v) is 1.86. The number of ether oxygens (including phenoxy) is 2. The molecule has 78 valence electrons. The zero-order chi connectivity index (χ0) is 11.1. The average Bonchev–Trinajstić information content (AvgIpc) is 2.63. The highest BCUT2D eigenvalue weighted by atomic mass is 35.5. The van der Waals surface area contributed by atoms with E-state index in [1.165, 1.54) is 0 Å². The third-order valence-corrected chi connectivity index (χ3v) is 2.81. The van der Waals surface area contributed by atoms with Crippen molar-refractivity contribution in [3.63, 3.8) is 0 Å². The van der Waals surface area contributed by atoms with Crippen LogP contribution in [0.5, 0.6) is 11.5 Å². The maximum atomic E-state index is 6.14. The van der Waals surface area contributed by atoms with E-state index < -0.39 is 5.41 Å². The summed E-state index contributed by atoms with van der Waals surface area (Å²) in [6.07, 6.45) is 5.47. The lowest BCUT2D eigenvalue weighted by atomic mass is 9.85. The third kappa shape index (κ3) is 1.64. The third-order valence-electron chi connectivity index (χ3n) is 2.50. The molecular weight excluding hydrogens is 212 g/mol. The van der Waals surface area contributed by atoms with E-state index in [0.29, 0.717) is 16.5 Å². The van der Waals surface area contributed by atoms with E-state index >= 15 is 0 Å². The topological polar surface area (TPSA) is 18.5 Å². The van der Waals surface area contributed by atoms with Gasteiger partial charge < -0.3 is 9.47 Å². The molecule has 1 aromatic rings. The van der Waals surface area contributed by atoms with E-state index in [1.807, 2.05) is 19.9 Å².